The van der Waals surface area contributed by atoms with Crippen molar-refractivity contribution < 1.29 is 14.3 Å². The Hall–Kier alpha value is -1.88. The van der Waals surface area contributed by atoms with Gasteiger partial charge < -0.3 is 15.4 Å². The zero-order valence-electron chi connectivity index (χ0n) is 10.6. The molecule has 1 atom stereocenters. The van der Waals surface area contributed by atoms with Crippen LogP contribution in [0.25, 0.3) is 0 Å². The van der Waals surface area contributed by atoms with E-state index in [1.165, 1.54) is 14.0 Å². The van der Waals surface area contributed by atoms with Crippen LogP contribution in [0.4, 0.5) is 0 Å². The van der Waals surface area contributed by atoms with E-state index in [0.717, 1.165) is 5.56 Å². The van der Waals surface area contributed by atoms with Gasteiger partial charge in [0.2, 0.25) is 11.8 Å². The summed E-state index contributed by atoms with van der Waals surface area (Å²) in [5.74, 6) is -0.392. The molecule has 18 heavy (non-hydrogen) atoms. The normalized spacial score (nSPS) is 11.7. The molecule has 0 heterocycles. The van der Waals surface area contributed by atoms with E-state index in [9.17, 15) is 9.59 Å². The van der Waals surface area contributed by atoms with Crippen molar-refractivity contribution in [3.8, 4) is 0 Å². The zero-order valence-corrected chi connectivity index (χ0v) is 10.6. The van der Waals surface area contributed by atoms with Crippen LogP contribution in [0.5, 0.6) is 0 Å². The van der Waals surface area contributed by atoms with Gasteiger partial charge in [0, 0.05) is 20.6 Å². The molecule has 0 saturated carbocycles. The number of amides is 2. The summed E-state index contributed by atoms with van der Waals surface area (Å²) in [6.45, 7) is 1.85. The largest absolute Gasteiger partial charge is 0.361 e. The third-order valence-corrected chi connectivity index (χ3v) is 2.35. The first-order valence-corrected chi connectivity index (χ1v) is 5.72. The summed E-state index contributed by atoms with van der Waals surface area (Å²) in [5.41, 5.74) is 1.03. The highest BCUT2D eigenvalue weighted by atomic mass is 16.5. The Bertz CT molecular complexity index is 392. The van der Waals surface area contributed by atoms with Crippen LogP contribution in [0.15, 0.2) is 30.3 Å². The summed E-state index contributed by atoms with van der Waals surface area (Å²) in [6.07, 6.45) is -0.485. The monoisotopic (exact) mass is 250 g/mol. The molecule has 1 aromatic carbocycles. The van der Waals surface area contributed by atoms with Crippen molar-refractivity contribution in [2.24, 2.45) is 0 Å². The van der Waals surface area contributed by atoms with Crippen LogP contribution in [0.2, 0.25) is 0 Å². The molecule has 0 aliphatic rings. The standard InChI is InChI=1S/C13H18N2O3/c1-10(16)15-13(18-2)8-12(17)14-9-11-6-4-3-5-7-11/h3-7,13H,8-9H2,1-2H3,(H,14,17)(H,15,16)/t13-/m1/s1. The van der Waals surface area contributed by atoms with Crippen molar-refractivity contribution >= 4 is 11.8 Å². The van der Waals surface area contributed by atoms with E-state index >= 15 is 0 Å². The minimum atomic E-state index is -0.585. The maximum Gasteiger partial charge on any atom is 0.224 e. The summed E-state index contributed by atoms with van der Waals surface area (Å²) < 4.78 is 4.99. The first-order valence-electron chi connectivity index (χ1n) is 5.72. The van der Waals surface area contributed by atoms with Crippen LogP contribution in [0.3, 0.4) is 0 Å². The second-order valence-corrected chi connectivity index (χ2v) is 3.89. The van der Waals surface area contributed by atoms with Crippen LogP contribution in [0.1, 0.15) is 18.9 Å². The minimum absolute atomic E-state index is 0.100. The molecule has 5 heteroatoms. The van der Waals surface area contributed by atoms with E-state index in [-0.39, 0.29) is 18.2 Å². The summed E-state index contributed by atoms with van der Waals surface area (Å²) in [5, 5.41) is 5.30. The highest BCUT2D eigenvalue weighted by Gasteiger charge is 2.13. The third kappa shape index (κ3) is 5.45. The highest BCUT2D eigenvalue weighted by Crippen LogP contribution is 1.98. The Morgan fingerprint density at radius 2 is 1.94 bits per heavy atom. The number of methoxy groups -OCH3 is 1. The molecular weight excluding hydrogens is 232 g/mol. The molecule has 1 rings (SSSR count). The van der Waals surface area contributed by atoms with Crippen molar-refractivity contribution in [2.75, 3.05) is 7.11 Å². The van der Waals surface area contributed by atoms with Crippen molar-refractivity contribution in [1.82, 2.24) is 10.6 Å². The van der Waals surface area contributed by atoms with E-state index in [4.69, 9.17) is 4.74 Å². The molecule has 2 N–H and O–H groups in total. The molecule has 98 valence electrons. The van der Waals surface area contributed by atoms with Crippen LogP contribution >= 0.6 is 0 Å². The van der Waals surface area contributed by atoms with Crippen molar-refractivity contribution in [2.45, 2.75) is 26.1 Å². The lowest BCUT2D eigenvalue weighted by molar-refractivity contribution is -0.127. The number of hydrogen-bond donors (Lipinski definition) is 2. The first-order chi connectivity index (χ1) is 8.61. The summed E-state index contributed by atoms with van der Waals surface area (Å²) in [4.78, 5) is 22.5. The number of ether oxygens (including phenoxy) is 1. The predicted octanol–water partition coefficient (Wildman–Crippen LogP) is 0.801. The SMILES string of the molecule is CO[C@H](CC(=O)NCc1ccccc1)NC(C)=O. The molecule has 1 aromatic rings. The summed E-state index contributed by atoms with van der Waals surface area (Å²) >= 11 is 0. The molecule has 0 aromatic heterocycles. The Morgan fingerprint density at radius 3 is 2.50 bits per heavy atom. The van der Waals surface area contributed by atoms with Gasteiger partial charge in [-0.3, -0.25) is 9.59 Å². The second-order valence-electron chi connectivity index (χ2n) is 3.89. The fraction of sp³-hybridized carbons (Fsp3) is 0.385. The fourth-order valence-electron chi connectivity index (χ4n) is 1.46. The lowest BCUT2D eigenvalue weighted by atomic mass is 10.2. The van der Waals surface area contributed by atoms with Gasteiger partial charge in [-0.2, -0.15) is 0 Å². The van der Waals surface area contributed by atoms with Crippen LogP contribution in [-0.2, 0) is 20.9 Å². The molecule has 0 spiro atoms. The molecule has 0 bridgehead atoms. The average molecular weight is 250 g/mol. The van der Waals surface area contributed by atoms with Gasteiger partial charge in [0.1, 0.15) is 6.23 Å². The van der Waals surface area contributed by atoms with Crippen molar-refractivity contribution in [1.29, 1.82) is 0 Å². The van der Waals surface area contributed by atoms with Gasteiger partial charge in [-0.25, -0.2) is 0 Å². The Kier molecular flexibility index (Phi) is 5.87. The topological polar surface area (TPSA) is 67.4 Å². The van der Waals surface area contributed by atoms with Gasteiger partial charge >= 0.3 is 0 Å². The average Bonchev–Trinajstić information content (AvgIpc) is 2.36. The van der Waals surface area contributed by atoms with Crippen LogP contribution in [-0.4, -0.2) is 25.2 Å². The van der Waals surface area contributed by atoms with E-state index in [1.54, 1.807) is 0 Å². The molecule has 0 fully saturated rings. The third-order valence-electron chi connectivity index (χ3n) is 2.35. The maximum atomic E-state index is 11.6. The summed E-state index contributed by atoms with van der Waals surface area (Å²) in [6, 6.07) is 9.61. The van der Waals surface area contributed by atoms with E-state index < -0.39 is 6.23 Å². The molecule has 0 unspecified atom stereocenters. The molecule has 0 radical (unpaired) electrons. The molecule has 0 saturated heterocycles. The van der Waals surface area contributed by atoms with Gasteiger partial charge in [-0.05, 0) is 5.56 Å². The Balaban J connectivity index is 2.34. The smallest absolute Gasteiger partial charge is 0.224 e. The van der Waals surface area contributed by atoms with Crippen molar-refractivity contribution in [3.05, 3.63) is 35.9 Å². The number of hydrogen-bond acceptors (Lipinski definition) is 3. The zero-order chi connectivity index (χ0) is 13.4. The van der Waals surface area contributed by atoms with Gasteiger partial charge in [-0.15, -0.1) is 0 Å². The highest BCUT2D eigenvalue weighted by molar-refractivity contribution is 5.78. The van der Waals surface area contributed by atoms with Gasteiger partial charge in [0.15, 0.2) is 0 Å². The Morgan fingerprint density at radius 1 is 1.28 bits per heavy atom. The number of carbonyl (C=O) groups excluding carboxylic acids is 2. The van der Waals surface area contributed by atoms with Crippen LogP contribution in [0, 0.1) is 0 Å². The molecule has 2 amide bonds. The van der Waals surface area contributed by atoms with E-state index in [0.29, 0.717) is 6.54 Å². The van der Waals surface area contributed by atoms with Gasteiger partial charge in [0.25, 0.3) is 0 Å². The molecule has 0 aliphatic carbocycles. The quantitative estimate of drug-likeness (QED) is 0.734. The second kappa shape index (κ2) is 7.45. The van der Waals surface area contributed by atoms with Crippen LogP contribution < -0.4 is 10.6 Å². The van der Waals surface area contributed by atoms with Gasteiger partial charge in [0.05, 0.1) is 6.42 Å². The number of carbonyl (C=O) groups is 2. The Labute approximate surface area is 107 Å². The summed E-state index contributed by atoms with van der Waals surface area (Å²) in [7, 11) is 1.45. The molecule has 0 aliphatic heterocycles. The molecule has 5 nitrogen and oxygen atoms in total. The van der Waals surface area contributed by atoms with E-state index in [1.807, 2.05) is 30.3 Å². The first kappa shape index (κ1) is 14.2. The lowest BCUT2D eigenvalue weighted by Crippen LogP contribution is -2.39. The van der Waals surface area contributed by atoms with Crippen molar-refractivity contribution in [3.63, 3.8) is 0 Å². The number of benzene rings is 1. The molecular formula is C13H18N2O3. The van der Waals surface area contributed by atoms with E-state index in [2.05, 4.69) is 10.6 Å². The minimum Gasteiger partial charge on any atom is -0.361 e. The lowest BCUT2D eigenvalue weighted by Gasteiger charge is -2.15. The number of nitrogens with one attached hydrogen (secondary N) is 2. The number of rotatable bonds is 6. The maximum absolute atomic E-state index is 11.6. The predicted molar refractivity (Wildman–Crippen MR) is 67.5 cm³/mol. The van der Waals surface area contributed by atoms with Gasteiger partial charge in [-0.1, -0.05) is 30.3 Å². The fourth-order valence-corrected chi connectivity index (χ4v) is 1.46.